The Kier molecular flexibility index (Phi) is 6.57. The maximum atomic E-state index is 6.04. The Balaban J connectivity index is 3.77. The summed E-state index contributed by atoms with van der Waals surface area (Å²) in [4.78, 5) is 0. The Morgan fingerprint density at radius 2 is 1.86 bits per heavy atom. The second-order valence-electron chi connectivity index (χ2n) is 5.11. The molecular weight excluding hydrogens is 303 g/mol. The third-order valence-electron chi connectivity index (χ3n) is 2.87. The van der Waals surface area contributed by atoms with E-state index in [1.165, 1.54) is 0 Å². The van der Waals surface area contributed by atoms with E-state index < -0.39 is 8.32 Å². The van der Waals surface area contributed by atoms with Crippen LogP contribution in [0.5, 0.6) is 0 Å². The molecule has 0 rings (SSSR count). The zero-order valence-electron chi connectivity index (χ0n) is 10.1. The fraction of sp³-hybridized carbons (Fsp3) is 0.818. The van der Waals surface area contributed by atoms with Gasteiger partial charge in [-0.05, 0) is 35.1 Å². The van der Waals surface area contributed by atoms with Crippen molar-refractivity contribution in [3.05, 3.63) is 10.2 Å². The highest BCUT2D eigenvalue weighted by Crippen LogP contribution is 2.36. The maximum Gasteiger partial charge on any atom is 0.191 e. The van der Waals surface area contributed by atoms with Gasteiger partial charge in [-0.25, -0.2) is 0 Å². The van der Waals surface area contributed by atoms with Crippen LogP contribution in [0.2, 0.25) is 18.1 Å². The fourth-order valence-corrected chi connectivity index (χ4v) is 2.26. The molecule has 0 aromatic carbocycles. The Labute approximate surface area is 104 Å². The molecule has 0 amide bonds. The molecule has 1 nitrogen and oxygen atoms in total. The van der Waals surface area contributed by atoms with Gasteiger partial charge in [-0.2, -0.15) is 0 Å². The molecule has 0 saturated heterocycles. The number of hydrogen-bond donors (Lipinski definition) is 0. The van der Waals surface area contributed by atoms with Gasteiger partial charge in [-0.1, -0.05) is 49.4 Å². The highest BCUT2D eigenvalue weighted by Gasteiger charge is 2.36. The van der Waals surface area contributed by atoms with Crippen LogP contribution in [0, 0.1) is 0 Å². The molecule has 3 heteroatoms. The summed E-state index contributed by atoms with van der Waals surface area (Å²) in [6.07, 6.45) is 4.47. The largest absolute Gasteiger partial charge is 0.417 e. The molecule has 0 aliphatic carbocycles. The molecule has 14 heavy (non-hydrogen) atoms. The first kappa shape index (κ1) is 14.6. The standard InChI is InChI=1S/C11H23IOSi/c1-11(2,3)14(4,5)13-10-8-6-7-9-12/h7,9H,6,8,10H2,1-5H3/b9-7+. The molecular formula is C11H23IOSi. The van der Waals surface area contributed by atoms with Gasteiger partial charge in [0.25, 0.3) is 0 Å². The molecule has 0 radical (unpaired) electrons. The van der Waals surface area contributed by atoms with Gasteiger partial charge >= 0.3 is 0 Å². The predicted molar refractivity (Wildman–Crippen MR) is 75.5 cm³/mol. The molecule has 0 aliphatic heterocycles. The first-order valence-corrected chi connectivity index (χ1v) is 9.36. The topological polar surface area (TPSA) is 9.23 Å². The van der Waals surface area contributed by atoms with Gasteiger partial charge in [-0.15, -0.1) is 0 Å². The highest BCUT2D eigenvalue weighted by atomic mass is 127. The smallest absolute Gasteiger partial charge is 0.191 e. The Bertz CT molecular complexity index is 182. The summed E-state index contributed by atoms with van der Waals surface area (Å²) in [6, 6.07) is 0. The summed E-state index contributed by atoms with van der Waals surface area (Å²) in [7, 11) is -1.49. The average Bonchev–Trinajstić information content (AvgIpc) is 2.02. The lowest BCUT2D eigenvalue weighted by molar-refractivity contribution is 0.283. The molecule has 0 fully saturated rings. The van der Waals surface area contributed by atoms with E-state index in [4.69, 9.17) is 4.43 Å². The van der Waals surface area contributed by atoms with Crippen molar-refractivity contribution in [2.45, 2.75) is 51.7 Å². The second kappa shape index (κ2) is 6.28. The molecule has 0 bridgehead atoms. The average molecular weight is 326 g/mol. The van der Waals surface area contributed by atoms with Gasteiger partial charge in [0.2, 0.25) is 0 Å². The van der Waals surface area contributed by atoms with Crippen LogP contribution >= 0.6 is 22.6 Å². The van der Waals surface area contributed by atoms with Crippen molar-refractivity contribution in [3.8, 4) is 0 Å². The minimum atomic E-state index is -1.49. The van der Waals surface area contributed by atoms with Crippen LogP contribution in [0.3, 0.4) is 0 Å². The van der Waals surface area contributed by atoms with E-state index in [1.807, 2.05) is 0 Å². The molecule has 0 N–H and O–H groups in total. The third-order valence-corrected chi connectivity index (χ3v) is 7.92. The minimum absolute atomic E-state index is 0.339. The lowest BCUT2D eigenvalue weighted by Gasteiger charge is -2.36. The maximum absolute atomic E-state index is 6.04. The quantitative estimate of drug-likeness (QED) is 0.403. The zero-order valence-corrected chi connectivity index (χ0v) is 13.2. The summed E-state index contributed by atoms with van der Waals surface area (Å²) < 4.78 is 8.12. The highest BCUT2D eigenvalue weighted by molar-refractivity contribution is 14.1. The van der Waals surface area contributed by atoms with Crippen LogP contribution in [-0.4, -0.2) is 14.9 Å². The number of hydrogen-bond acceptors (Lipinski definition) is 1. The van der Waals surface area contributed by atoms with E-state index in [1.54, 1.807) is 0 Å². The SMILES string of the molecule is CC(C)(C)[Si](C)(C)OCCC/C=C/I. The lowest BCUT2D eigenvalue weighted by atomic mass is 10.2. The summed E-state index contributed by atoms with van der Waals surface area (Å²) >= 11 is 2.26. The van der Waals surface area contributed by atoms with Gasteiger partial charge in [-0.3, -0.25) is 0 Å². The summed E-state index contributed by atoms with van der Waals surface area (Å²) in [5.74, 6) is 0. The minimum Gasteiger partial charge on any atom is -0.417 e. The van der Waals surface area contributed by atoms with Gasteiger partial charge in [0, 0.05) is 6.61 Å². The van der Waals surface area contributed by atoms with Crippen LogP contribution in [-0.2, 0) is 4.43 Å². The van der Waals surface area contributed by atoms with Crippen LogP contribution in [0.15, 0.2) is 10.2 Å². The lowest BCUT2D eigenvalue weighted by Crippen LogP contribution is -2.40. The fourth-order valence-electron chi connectivity index (χ4n) is 0.808. The first-order valence-electron chi connectivity index (χ1n) is 5.20. The number of rotatable bonds is 5. The molecule has 0 heterocycles. The first-order chi connectivity index (χ1) is 6.31. The third kappa shape index (κ3) is 5.51. The van der Waals surface area contributed by atoms with E-state index in [0.29, 0.717) is 5.04 Å². The Hall–Kier alpha value is 0.647. The van der Waals surface area contributed by atoms with Crippen molar-refractivity contribution in [3.63, 3.8) is 0 Å². The van der Waals surface area contributed by atoms with Crippen molar-refractivity contribution in [1.82, 2.24) is 0 Å². The van der Waals surface area contributed by atoms with Gasteiger partial charge < -0.3 is 4.43 Å². The van der Waals surface area contributed by atoms with E-state index >= 15 is 0 Å². The van der Waals surface area contributed by atoms with Gasteiger partial charge in [0.15, 0.2) is 8.32 Å². The molecule has 0 unspecified atom stereocenters. The molecule has 0 aromatic rings. The Morgan fingerprint density at radius 1 is 1.29 bits per heavy atom. The monoisotopic (exact) mass is 326 g/mol. The van der Waals surface area contributed by atoms with Crippen LogP contribution < -0.4 is 0 Å². The van der Waals surface area contributed by atoms with Crippen LogP contribution in [0.1, 0.15) is 33.6 Å². The van der Waals surface area contributed by atoms with Crippen molar-refractivity contribution in [2.24, 2.45) is 0 Å². The van der Waals surface area contributed by atoms with E-state index in [0.717, 1.165) is 19.4 Å². The van der Waals surface area contributed by atoms with Gasteiger partial charge in [0.1, 0.15) is 0 Å². The Morgan fingerprint density at radius 3 is 2.29 bits per heavy atom. The summed E-state index contributed by atoms with van der Waals surface area (Å²) in [5, 5.41) is 0.339. The van der Waals surface area contributed by atoms with Crippen molar-refractivity contribution < 1.29 is 4.43 Å². The molecule has 0 aromatic heterocycles. The summed E-state index contributed by atoms with van der Waals surface area (Å²) in [6.45, 7) is 12.4. The molecule has 0 spiro atoms. The van der Waals surface area contributed by atoms with Gasteiger partial charge in [0.05, 0.1) is 0 Å². The van der Waals surface area contributed by atoms with E-state index in [9.17, 15) is 0 Å². The number of unbranched alkanes of at least 4 members (excludes halogenated alkanes) is 1. The van der Waals surface area contributed by atoms with E-state index in [-0.39, 0.29) is 0 Å². The van der Waals surface area contributed by atoms with Crippen molar-refractivity contribution >= 4 is 30.9 Å². The van der Waals surface area contributed by atoms with Crippen molar-refractivity contribution in [1.29, 1.82) is 0 Å². The summed E-state index contributed by atoms with van der Waals surface area (Å²) in [5.41, 5.74) is 0. The van der Waals surface area contributed by atoms with Crippen LogP contribution in [0.25, 0.3) is 0 Å². The number of halogens is 1. The molecule has 0 aliphatic rings. The predicted octanol–water partition coefficient (Wildman–Crippen LogP) is 4.74. The number of allylic oxidation sites excluding steroid dienone is 1. The van der Waals surface area contributed by atoms with E-state index in [2.05, 4.69) is 66.6 Å². The molecule has 84 valence electrons. The zero-order chi connectivity index (χ0) is 11.2. The molecule has 0 atom stereocenters. The second-order valence-corrected chi connectivity index (χ2v) is 10.6. The normalized spacial score (nSPS) is 13.9. The van der Waals surface area contributed by atoms with Crippen molar-refractivity contribution in [2.75, 3.05) is 6.61 Å². The molecule has 0 saturated carbocycles. The van der Waals surface area contributed by atoms with Crippen LogP contribution in [0.4, 0.5) is 0 Å².